The molecule has 0 bridgehead atoms. The van der Waals surface area contributed by atoms with Crippen LogP contribution < -0.4 is 0 Å². The van der Waals surface area contributed by atoms with Gasteiger partial charge in [-0.05, 0) is 24.7 Å². The van der Waals surface area contributed by atoms with Gasteiger partial charge in [-0.2, -0.15) is 0 Å². The van der Waals surface area contributed by atoms with E-state index < -0.39 is 0 Å². The second-order valence-electron chi connectivity index (χ2n) is 7.27. The van der Waals surface area contributed by atoms with Crippen LogP contribution in [0.15, 0.2) is 0 Å². The van der Waals surface area contributed by atoms with E-state index in [1.165, 1.54) is 44.9 Å². The molecule has 4 fully saturated rings. The summed E-state index contributed by atoms with van der Waals surface area (Å²) in [5, 5.41) is 0. The smallest absolute Gasteiger partial charge is 0.234 e. The standard InChI is InChI=1S/C15H24O2/c1-13(2)12(10-11-6-4-3-5-7-11)8-9-14-15(13,16-14)17-14/h11-12H,3-10H2,1-2H3. The van der Waals surface area contributed by atoms with Crippen molar-refractivity contribution in [2.24, 2.45) is 17.3 Å². The highest BCUT2D eigenvalue weighted by molar-refractivity contribution is 5.27. The Labute approximate surface area is 104 Å². The third-order valence-corrected chi connectivity index (χ3v) is 6.07. The zero-order chi connectivity index (χ0) is 11.7. The number of hydrogen-bond acceptors (Lipinski definition) is 2. The van der Waals surface area contributed by atoms with Crippen LogP contribution in [0.1, 0.15) is 65.2 Å². The largest absolute Gasteiger partial charge is 0.306 e. The maximum Gasteiger partial charge on any atom is 0.234 e. The van der Waals surface area contributed by atoms with E-state index in [1.54, 1.807) is 0 Å². The van der Waals surface area contributed by atoms with E-state index >= 15 is 0 Å². The van der Waals surface area contributed by atoms with Gasteiger partial charge in [-0.15, -0.1) is 0 Å². The van der Waals surface area contributed by atoms with Crippen LogP contribution in [-0.2, 0) is 9.47 Å². The first-order valence-electron chi connectivity index (χ1n) is 7.50. The number of epoxide rings is 2. The zero-order valence-corrected chi connectivity index (χ0v) is 11.1. The van der Waals surface area contributed by atoms with Crippen LogP contribution in [-0.4, -0.2) is 11.6 Å². The van der Waals surface area contributed by atoms with E-state index in [1.807, 2.05) is 0 Å². The van der Waals surface area contributed by atoms with Gasteiger partial charge >= 0.3 is 0 Å². The van der Waals surface area contributed by atoms with Crippen LogP contribution in [0.5, 0.6) is 0 Å². The molecule has 4 aliphatic rings. The highest BCUT2D eigenvalue weighted by atomic mass is 17.0. The predicted molar refractivity (Wildman–Crippen MR) is 65.3 cm³/mol. The topological polar surface area (TPSA) is 25.1 Å². The molecule has 96 valence electrons. The molecule has 2 saturated heterocycles. The third-order valence-electron chi connectivity index (χ3n) is 6.07. The van der Waals surface area contributed by atoms with Crippen LogP contribution in [0.3, 0.4) is 0 Å². The van der Waals surface area contributed by atoms with Gasteiger partial charge in [0, 0.05) is 11.8 Å². The molecule has 2 heterocycles. The molecule has 1 unspecified atom stereocenters. The van der Waals surface area contributed by atoms with Crippen molar-refractivity contribution >= 4 is 0 Å². The minimum absolute atomic E-state index is 0.0977. The molecule has 0 spiro atoms. The van der Waals surface area contributed by atoms with Gasteiger partial charge in [0.1, 0.15) is 0 Å². The van der Waals surface area contributed by atoms with Crippen LogP contribution >= 0.6 is 0 Å². The lowest BCUT2D eigenvalue weighted by Gasteiger charge is -2.37. The normalized spacial score (nSPS) is 51.5. The first-order chi connectivity index (χ1) is 8.10. The molecular weight excluding hydrogens is 212 g/mol. The molecule has 0 aromatic rings. The van der Waals surface area contributed by atoms with Crippen LogP contribution in [0.4, 0.5) is 0 Å². The van der Waals surface area contributed by atoms with Crippen molar-refractivity contribution in [3.8, 4) is 0 Å². The number of rotatable bonds is 2. The van der Waals surface area contributed by atoms with Gasteiger partial charge in [0.05, 0.1) is 0 Å². The second-order valence-corrected chi connectivity index (χ2v) is 7.27. The summed E-state index contributed by atoms with van der Waals surface area (Å²) in [6, 6.07) is 0. The Morgan fingerprint density at radius 1 is 1.00 bits per heavy atom. The average molecular weight is 236 g/mol. The molecule has 0 aromatic heterocycles. The third kappa shape index (κ3) is 1.24. The molecule has 2 aliphatic carbocycles. The summed E-state index contributed by atoms with van der Waals surface area (Å²) in [5.41, 5.74) is 0.239. The van der Waals surface area contributed by atoms with E-state index in [0.29, 0.717) is 0 Å². The minimum Gasteiger partial charge on any atom is -0.306 e. The van der Waals surface area contributed by atoms with Crippen molar-refractivity contribution in [1.82, 2.24) is 0 Å². The molecule has 2 nitrogen and oxygen atoms in total. The maximum absolute atomic E-state index is 5.85. The number of hydrogen-bond donors (Lipinski definition) is 0. The van der Waals surface area contributed by atoms with Crippen LogP contribution in [0, 0.1) is 17.3 Å². The fraction of sp³-hybridized carbons (Fsp3) is 1.00. The Kier molecular flexibility index (Phi) is 1.96. The van der Waals surface area contributed by atoms with E-state index in [0.717, 1.165) is 18.3 Å². The summed E-state index contributed by atoms with van der Waals surface area (Å²) in [4.78, 5) is 0. The molecule has 2 aliphatic heterocycles. The lowest BCUT2D eigenvalue weighted by molar-refractivity contribution is -0.136. The molecule has 0 amide bonds. The summed E-state index contributed by atoms with van der Waals surface area (Å²) in [7, 11) is 0. The fourth-order valence-corrected chi connectivity index (χ4v) is 4.67. The quantitative estimate of drug-likeness (QED) is 0.680. The van der Waals surface area contributed by atoms with Crippen molar-refractivity contribution in [3.05, 3.63) is 0 Å². The predicted octanol–water partition coefficient (Wildman–Crippen LogP) is 3.85. The zero-order valence-electron chi connectivity index (χ0n) is 11.1. The first-order valence-corrected chi connectivity index (χ1v) is 7.50. The van der Waals surface area contributed by atoms with Gasteiger partial charge in [-0.1, -0.05) is 46.0 Å². The Balaban J connectivity index is 1.47. The first kappa shape index (κ1) is 10.8. The highest BCUT2D eigenvalue weighted by Crippen LogP contribution is 2.81. The highest BCUT2D eigenvalue weighted by Gasteiger charge is 2.96. The van der Waals surface area contributed by atoms with E-state index in [4.69, 9.17) is 9.47 Å². The van der Waals surface area contributed by atoms with E-state index in [2.05, 4.69) is 13.8 Å². The molecule has 4 rings (SSSR count). The Bertz CT molecular complexity index is 335. The van der Waals surface area contributed by atoms with Crippen molar-refractivity contribution in [2.75, 3.05) is 0 Å². The lowest BCUT2D eigenvalue weighted by Crippen LogP contribution is -2.38. The summed E-state index contributed by atoms with van der Waals surface area (Å²) in [5.74, 6) is 1.55. The summed E-state index contributed by atoms with van der Waals surface area (Å²) >= 11 is 0. The lowest BCUT2D eigenvalue weighted by atomic mass is 9.64. The molecule has 2 heteroatoms. The number of ether oxygens (including phenoxy) is 2. The summed E-state index contributed by atoms with van der Waals surface area (Å²) in [6.45, 7) is 4.74. The molecule has 1 atom stereocenters. The molecule has 0 aromatic carbocycles. The summed E-state index contributed by atoms with van der Waals surface area (Å²) in [6.07, 6.45) is 11.2. The minimum atomic E-state index is -0.141. The van der Waals surface area contributed by atoms with Gasteiger partial charge in [0.2, 0.25) is 11.6 Å². The Hall–Kier alpha value is -0.0800. The van der Waals surface area contributed by atoms with Crippen molar-refractivity contribution in [2.45, 2.75) is 76.8 Å². The fourth-order valence-electron chi connectivity index (χ4n) is 4.67. The monoisotopic (exact) mass is 236 g/mol. The molecule has 2 saturated carbocycles. The van der Waals surface area contributed by atoms with Gasteiger partial charge in [-0.25, -0.2) is 0 Å². The van der Waals surface area contributed by atoms with E-state index in [9.17, 15) is 0 Å². The van der Waals surface area contributed by atoms with Crippen molar-refractivity contribution in [3.63, 3.8) is 0 Å². The molecule has 17 heavy (non-hydrogen) atoms. The van der Waals surface area contributed by atoms with Gasteiger partial charge < -0.3 is 9.47 Å². The van der Waals surface area contributed by atoms with Gasteiger partial charge in [-0.3, -0.25) is 0 Å². The molecule has 0 N–H and O–H groups in total. The SMILES string of the molecule is CC1(C)C(CC2CCCCC2)CCC23OC21O3. The van der Waals surface area contributed by atoms with Crippen LogP contribution in [0.2, 0.25) is 0 Å². The maximum atomic E-state index is 5.85. The Morgan fingerprint density at radius 2 is 1.71 bits per heavy atom. The van der Waals surface area contributed by atoms with E-state index in [-0.39, 0.29) is 17.0 Å². The summed E-state index contributed by atoms with van der Waals surface area (Å²) < 4.78 is 11.7. The van der Waals surface area contributed by atoms with Crippen molar-refractivity contribution < 1.29 is 9.47 Å². The van der Waals surface area contributed by atoms with Crippen LogP contribution in [0.25, 0.3) is 0 Å². The molecular formula is C15H24O2. The van der Waals surface area contributed by atoms with Gasteiger partial charge in [0.25, 0.3) is 0 Å². The average Bonchev–Trinajstić information content (AvgIpc) is 3.11. The Morgan fingerprint density at radius 3 is 2.41 bits per heavy atom. The molecule has 0 radical (unpaired) electrons. The second kappa shape index (κ2) is 3.08. The van der Waals surface area contributed by atoms with Crippen molar-refractivity contribution in [1.29, 1.82) is 0 Å². The van der Waals surface area contributed by atoms with Gasteiger partial charge in [0.15, 0.2) is 0 Å².